The lowest BCUT2D eigenvalue weighted by atomic mass is 9.84. The van der Waals surface area contributed by atoms with Gasteiger partial charge in [0.05, 0.1) is 0 Å². The molecule has 4 nitrogen and oxygen atoms in total. The molecular formula is C20H36N4S2. The second-order valence-electron chi connectivity index (χ2n) is 8.40. The van der Waals surface area contributed by atoms with E-state index < -0.39 is 0 Å². The van der Waals surface area contributed by atoms with Crippen LogP contribution in [0.15, 0.2) is 16.8 Å². The number of aliphatic imine (C=N–C) groups is 1. The second-order valence-corrected chi connectivity index (χ2v) is 10.7. The minimum atomic E-state index is 0.223. The molecule has 0 amide bonds. The molecule has 0 aromatic rings. The van der Waals surface area contributed by atoms with Crippen molar-refractivity contribution in [3.63, 3.8) is 0 Å². The lowest BCUT2D eigenvalue weighted by Gasteiger charge is -2.35. The Bertz CT molecular complexity index is 504. The minimum Gasteiger partial charge on any atom is -0.359 e. The zero-order valence-electron chi connectivity index (χ0n) is 16.8. The van der Waals surface area contributed by atoms with Gasteiger partial charge >= 0.3 is 0 Å². The van der Waals surface area contributed by atoms with Crippen molar-refractivity contribution in [2.75, 3.05) is 11.5 Å². The van der Waals surface area contributed by atoms with Crippen LogP contribution >= 0.6 is 23.5 Å². The SMILES string of the molecule is CC1=CC(C)=NC(SCC2CCC(CSC3NC(C)CC(C)N3)CC2)N1. The molecule has 0 spiro atoms. The number of thioether (sulfide) groups is 2. The first kappa shape index (κ1) is 20.6. The third kappa shape index (κ3) is 6.47. The Morgan fingerprint density at radius 1 is 0.962 bits per heavy atom. The summed E-state index contributed by atoms with van der Waals surface area (Å²) in [5, 5.41) is 10.8. The second kappa shape index (κ2) is 9.85. The highest BCUT2D eigenvalue weighted by atomic mass is 32.2. The summed E-state index contributed by atoms with van der Waals surface area (Å²) in [5.41, 5.74) is 3.05. The quantitative estimate of drug-likeness (QED) is 0.629. The summed E-state index contributed by atoms with van der Waals surface area (Å²) in [4.78, 5) is 4.70. The van der Waals surface area contributed by atoms with E-state index in [1.807, 2.05) is 11.8 Å². The first-order chi connectivity index (χ1) is 12.5. The minimum absolute atomic E-state index is 0.223. The first-order valence-electron chi connectivity index (χ1n) is 10.2. The van der Waals surface area contributed by atoms with Crippen molar-refractivity contribution in [3.05, 3.63) is 11.8 Å². The molecule has 3 N–H and O–H groups in total. The number of nitrogens with zero attached hydrogens (tertiary/aromatic N) is 1. The van der Waals surface area contributed by atoms with E-state index >= 15 is 0 Å². The standard InChI is InChI=1S/C20H36N4S2/c1-13-9-14(2)22-19(21-13)25-11-17-5-7-18(8-6-17)12-26-20-23-15(3)10-16(4)24-20/h9,15-21,23-24H,5-8,10-12H2,1-4H3. The molecule has 2 heterocycles. The Labute approximate surface area is 168 Å². The average Bonchev–Trinajstić information content (AvgIpc) is 2.57. The van der Waals surface area contributed by atoms with Gasteiger partial charge in [-0.25, -0.2) is 0 Å². The van der Waals surface area contributed by atoms with E-state index in [0.29, 0.717) is 17.6 Å². The maximum absolute atomic E-state index is 4.70. The van der Waals surface area contributed by atoms with Crippen LogP contribution in [0.3, 0.4) is 0 Å². The van der Waals surface area contributed by atoms with Gasteiger partial charge in [-0.1, -0.05) is 0 Å². The van der Waals surface area contributed by atoms with Crippen LogP contribution in [0.25, 0.3) is 0 Å². The van der Waals surface area contributed by atoms with Crippen molar-refractivity contribution in [2.45, 2.75) is 82.9 Å². The molecule has 3 rings (SSSR count). The maximum Gasteiger partial charge on any atom is 0.166 e. The van der Waals surface area contributed by atoms with Crippen LogP contribution in [0.5, 0.6) is 0 Å². The summed E-state index contributed by atoms with van der Waals surface area (Å²) in [5.74, 6) is 4.30. The fourth-order valence-corrected chi connectivity index (χ4v) is 6.99. The van der Waals surface area contributed by atoms with Crippen LogP contribution < -0.4 is 16.0 Å². The van der Waals surface area contributed by atoms with Gasteiger partial charge in [-0.05, 0) is 89.2 Å². The van der Waals surface area contributed by atoms with Crippen LogP contribution in [0.2, 0.25) is 0 Å². The number of rotatable bonds is 6. The Kier molecular flexibility index (Phi) is 7.79. The molecule has 1 saturated carbocycles. The van der Waals surface area contributed by atoms with Gasteiger partial charge in [0.1, 0.15) is 5.50 Å². The summed E-state index contributed by atoms with van der Waals surface area (Å²) in [6, 6.07) is 1.27. The van der Waals surface area contributed by atoms with Gasteiger partial charge in [0.25, 0.3) is 0 Å². The van der Waals surface area contributed by atoms with Crippen molar-refractivity contribution in [1.29, 1.82) is 0 Å². The van der Waals surface area contributed by atoms with Crippen LogP contribution in [0.1, 0.15) is 59.8 Å². The summed E-state index contributed by atoms with van der Waals surface area (Å²) in [6.45, 7) is 8.83. The van der Waals surface area contributed by atoms with E-state index in [2.05, 4.69) is 61.5 Å². The third-order valence-corrected chi connectivity index (χ3v) is 8.10. The molecule has 1 saturated heterocycles. The van der Waals surface area contributed by atoms with Crippen LogP contribution in [0.4, 0.5) is 0 Å². The molecule has 1 aliphatic carbocycles. The summed E-state index contributed by atoms with van der Waals surface area (Å²) in [7, 11) is 0. The largest absolute Gasteiger partial charge is 0.359 e. The molecule has 3 unspecified atom stereocenters. The highest BCUT2D eigenvalue weighted by Crippen LogP contribution is 2.34. The third-order valence-electron chi connectivity index (χ3n) is 5.63. The Balaban J connectivity index is 1.31. The van der Waals surface area contributed by atoms with Gasteiger partial charge in [-0.2, -0.15) is 0 Å². The topological polar surface area (TPSA) is 48.5 Å². The highest BCUT2D eigenvalue weighted by Gasteiger charge is 2.26. The van der Waals surface area contributed by atoms with E-state index in [1.54, 1.807) is 0 Å². The van der Waals surface area contributed by atoms with E-state index in [1.165, 1.54) is 49.3 Å². The van der Waals surface area contributed by atoms with Gasteiger partial charge in [0.2, 0.25) is 0 Å². The van der Waals surface area contributed by atoms with Gasteiger partial charge in [-0.15, -0.1) is 23.5 Å². The van der Waals surface area contributed by atoms with Gasteiger partial charge in [-0.3, -0.25) is 15.6 Å². The summed E-state index contributed by atoms with van der Waals surface area (Å²) in [6.07, 6.45) is 8.93. The Morgan fingerprint density at radius 2 is 1.54 bits per heavy atom. The molecule has 6 heteroatoms. The van der Waals surface area contributed by atoms with Crippen molar-refractivity contribution in [3.8, 4) is 0 Å². The Morgan fingerprint density at radius 3 is 2.12 bits per heavy atom. The molecule has 26 heavy (non-hydrogen) atoms. The lowest BCUT2D eigenvalue weighted by Crippen LogP contribution is -2.55. The van der Waals surface area contributed by atoms with Crippen LogP contribution in [-0.4, -0.2) is 40.3 Å². The number of hydrogen-bond donors (Lipinski definition) is 3. The van der Waals surface area contributed by atoms with Crippen molar-refractivity contribution < 1.29 is 0 Å². The fraction of sp³-hybridized carbons (Fsp3) is 0.850. The first-order valence-corrected chi connectivity index (χ1v) is 12.3. The summed E-state index contributed by atoms with van der Waals surface area (Å²) >= 11 is 4.07. The lowest BCUT2D eigenvalue weighted by molar-refractivity contribution is 0.309. The van der Waals surface area contributed by atoms with Gasteiger partial charge in [0, 0.05) is 23.5 Å². The molecule has 2 aliphatic heterocycles. The molecular weight excluding hydrogens is 360 g/mol. The van der Waals surface area contributed by atoms with Crippen molar-refractivity contribution >= 4 is 29.2 Å². The van der Waals surface area contributed by atoms with Gasteiger partial charge in [0.15, 0.2) is 5.50 Å². The molecule has 0 radical (unpaired) electrons. The number of allylic oxidation sites excluding steroid dienone is 2. The zero-order valence-corrected chi connectivity index (χ0v) is 18.4. The molecule has 0 aromatic carbocycles. The molecule has 0 bridgehead atoms. The van der Waals surface area contributed by atoms with Crippen molar-refractivity contribution in [2.24, 2.45) is 16.8 Å². The van der Waals surface area contributed by atoms with Gasteiger partial charge < -0.3 is 5.32 Å². The Hall–Kier alpha value is -0.170. The number of nitrogens with one attached hydrogen (secondary N) is 3. The number of hydrogen-bond acceptors (Lipinski definition) is 6. The zero-order chi connectivity index (χ0) is 18.5. The predicted octanol–water partition coefficient (Wildman–Crippen LogP) is 4.15. The maximum atomic E-state index is 4.70. The average molecular weight is 397 g/mol. The highest BCUT2D eigenvalue weighted by molar-refractivity contribution is 8.00. The molecule has 2 fully saturated rings. The monoisotopic (exact) mass is 396 g/mol. The molecule has 148 valence electrons. The molecule has 3 atom stereocenters. The fourth-order valence-electron chi connectivity index (χ4n) is 4.24. The van der Waals surface area contributed by atoms with Crippen LogP contribution in [-0.2, 0) is 0 Å². The van der Waals surface area contributed by atoms with E-state index in [4.69, 9.17) is 4.99 Å². The van der Waals surface area contributed by atoms with E-state index in [-0.39, 0.29) is 5.50 Å². The normalized spacial score (nSPS) is 38.3. The van der Waals surface area contributed by atoms with E-state index in [9.17, 15) is 0 Å². The van der Waals surface area contributed by atoms with Crippen LogP contribution in [0, 0.1) is 11.8 Å². The van der Waals surface area contributed by atoms with Crippen molar-refractivity contribution in [1.82, 2.24) is 16.0 Å². The molecule has 0 aromatic heterocycles. The van der Waals surface area contributed by atoms with E-state index in [0.717, 1.165) is 17.5 Å². The molecule has 3 aliphatic rings. The summed E-state index contributed by atoms with van der Waals surface area (Å²) < 4.78 is 0. The predicted molar refractivity (Wildman–Crippen MR) is 118 cm³/mol. The smallest absolute Gasteiger partial charge is 0.166 e.